The first-order chi connectivity index (χ1) is 7.20. The lowest BCUT2D eigenvalue weighted by Gasteiger charge is -2.31. The Morgan fingerprint density at radius 3 is 2.47 bits per heavy atom. The smallest absolute Gasteiger partial charge is 0.0593 e. The van der Waals surface area contributed by atoms with Gasteiger partial charge in [-0.2, -0.15) is 0 Å². The van der Waals surface area contributed by atoms with E-state index in [2.05, 4.69) is 11.8 Å². The van der Waals surface area contributed by atoms with Gasteiger partial charge in [0.25, 0.3) is 0 Å². The molecular formula is C12H26N2O. The molecule has 0 bridgehead atoms. The van der Waals surface area contributed by atoms with Crippen LogP contribution in [-0.2, 0) is 4.74 Å². The van der Waals surface area contributed by atoms with Gasteiger partial charge in [0.1, 0.15) is 0 Å². The minimum absolute atomic E-state index is 0.0855. The zero-order valence-corrected chi connectivity index (χ0v) is 10.3. The molecule has 1 aliphatic carbocycles. The summed E-state index contributed by atoms with van der Waals surface area (Å²) in [4.78, 5) is 2.42. The van der Waals surface area contributed by atoms with Gasteiger partial charge in [-0.1, -0.05) is 19.8 Å². The van der Waals surface area contributed by atoms with E-state index in [4.69, 9.17) is 10.5 Å². The van der Waals surface area contributed by atoms with Crippen LogP contribution in [0.3, 0.4) is 0 Å². The summed E-state index contributed by atoms with van der Waals surface area (Å²) in [6.45, 7) is 9.01. The van der Waals surface area contributed by atoms with Crippen molar-refractivity contribution in [2.75, 3.05) is 32.8 Å². The van der Waals surface area contributed by atoms with Gasteiger partial charge in [0.05, 0.1) is 6.61 Å². The molecule has 1 aliphatic rings. The van der Waals surface area contributed by atoms with E-state index in [1.807, 2.05) is 6.92 Å². The molecule has 0 saturated heterocycles. The molecule has 0 amide bonds. The van der Waals surface area contributed by atoms with Crippen molar-refractivity contribution < 1.29 is 4.74 Å². The van der Waals surface area contributed by atoms with Crippen LogP contribution in [0.2, 0.25) is 0 Å². The van der Waals surface area contributed by atoms with Gasteiger partial charge in [-0.15, -0.1) is 0 Å². The summed E-state index contributed by atoms with van der Waals surface area (Å²) in [6.07, 6.45) is 5.00. The Hall–Kier alpha value is -0.120. The van der Waals surface area contributed by atoms with Gasteiger partial charge in [0.2, 0.25) is 0 Å². The number of nitrogens with zero attached hydrogens (tertiary/aromatic N) is 1. The fourth-order valence-corrected chi connectivity index (χ4v) is 2.37. The third kappa shape index (κ3) is 4.49. The summed E-state index contributed by atoms with van der Waals surface area (Å²) in [5.74, 6) is 0. The molecule has 0 heterocycles. The first-order valence-electron chi connectivity index (χ1n) is 6.29. The summed E-state index contributed by atoms with van der Waals surface area (Å²) < 4.78 is 5.38. The van der Waals surface area contributed by atoms with Gasteiger partial charge < -0.3 is 10.5 Å². The zero-order chi connectivity index (χ0) is 11.1. The first-order valence-corrected chi connectivity index (χ1v) is 6.29. The molecule has 3 nitrogen and oxygen atoms in total. The van der Waals surface area contributed by atoms with Crippen LogP contribution in [0.1, 0.15) is 39.5 Å². The van der Waals surface area contributed by atoms with Crippen molar-refractivity contribution in [3.8, 4) is 0 Å². The molecule has 0 aliphatic heterocycles. The zero-order valence-electron chi connectivity index (χ0n) is 10.3. The first kappa shape index (κ1) is 12.9. The van der Waals surface area contributed by atoms with Crippen LogP contribution < -0.4 is 5.73 Å². The van der Waals surface area contributed by atoms with E-state index in [1.54, 1.807) is 0 Å². The van der Waals surface area contributed by atoms with Gasteiger partial charge in [0.15, 0.2) is 0 Å². The molecule has 2 N–H and O–H groups in total. The molecule has 90 valence electrons. The molecule has 0 aromatic heterocycles. The van der Waals surface area contributed by atoms with Gasteiger partial charge in [-0.05, 0) is 26.3 Å². The van der Waals surface area contributed by atoms with Crippen molar-refractivity contribution in [2.24, 2.45) is 5.73 Å². The summed E-state index contributed by atoms with van der Waals surface area (Å²) >= 11 is 0. The Bertz CT molecular complexity index is 167. The highest BCUT2D eigenvalue weighted by molar-refractivity contribution is 4.91. The van der Waals surface area contributed by atoms with Crippen molar-refractivity contribution >= 4 is 0 Å². The fourth-order valence-electron chi connectivity index (χ4n) is 2.37. The maximum Gasteiger partial charge on any atom is 0.0593 e. The molecule has 1 saturated carbocycles. The van der Waals surface area contributed by atoms with Gasteiger partial charge in [0, 0.05) is 25.2 Å². The van der Waals surface area contributed by atoms with E-state index >= 15 is 0 Å². The van der Waals surface area contributed by atoms with Crippen LogP contribution in [0.5, 0.6) is 0 Å². The van der Waals surface area contributed by atoms with E-state index in [0.29, 0.717) is 0 Å². The number of rotatable bonds is 7. The van der Waals surface area contributed by atoms with Crippen molar-refractivity contribution in [1.82, 2.24) is 4.90 Å². The fraction of sp³-hybridized carbons (Fsp3) is 1.00. The van der Waals surface area contributed by atoms with Crippen LogP contribution in [0.25, 0.3) is 0 Å². The largest absolute Gasteiger partial charge is 0.380 e. The van der Waals surface area contributed by atoms with Crippen LogP contribution in [0, 0.1) is 0 Å². The number of nitrogens with two attached hydrogens (primary N) is 1. The Kier molecular flexibility index (Phi) is 5.58. The lowest BCUT2D eigenvalue weighted by Crippen LogP contribution is -2.48. The monoisotopic (exact) mass is 214 g/mol. The predicted octanol–water partition coefficient (Wildman–Crippen LogP) is 1.62. The predicted molar refractivity (Wildman–Crippen MR) is 64.0 cm³/mol. The summed E-state index contributed by atoms with van der Waals surface area (Å²) in [6, 6.07) is 0. The average Bonchev–Trinajstić information content (AvgIpc) is 2.64. The molecule has 0 aromatic carbocycles. The van der Waals surface area contributed by atoms with Crippen LogP contribution in [0.15, 0.2) is 0 Å². The summed E-state index contributed by atoms with van der Waals surface area (Å²) in [7, 11) is 0. The van der Waals surface area contributed by atoms with Gasteiger partial charge >= 0.3 is 0 Å². The Morgan fingerprint density at radius 1 is 1.27 bits per heavy atom. The van der Waals surface area contributed by atoms with E-state index in [1.165, 1.54) is 25.7 Å². The molecule has 1 rings (SSSR count). The molecule has 1 fully saturated rings. The molecule has 0 aromatic rings. The highest BCUT2D eigenvalue weighted by Crippen LogP contribution is 2.27. The van der Waals surface area contributed by atoms with E-state index in [0.717, 1.165) is 32.8 Å². The molecule has 3 heteroatoms. The van der Waals surface area contributed by atoms with Crippen LogP contribution in [0.4, 0.5) is 0 Å². The van der Waals surface area contributed by atoms with Crippen LogP contribution >= 0.6 is 0 Å². The highest BCUT2D eigenvalue weighted by Gasteiger charge is 2.30. The van der Waals surface area contributed by atoms with E-state index in [9.17, 15) is 0 Å². The second-order valence-corrected chi connectivity index (χ2v) is 4.64. The summed E-state index contributed by atoms with van der Waals surface area (Å²) in [5.41, 5.74) is 6.44. The molecule has 15 heavy (non-hydrogen) atoms. The topological polar surface area (TPSA) is 38.5 Å². The third-order valence-electron chi connectivity index (χ3n) is 3.34. The highest BCUT2D eigenvalue weighted by atomic mass is 16.5. The number of hydrogen-bond donors (Lipinski definition) is 1. The lowest BCUT2D eigenvalue weighted by atomic mass is 9.98. The SMILES string of the molecule is CCOCCN(CC)CC1(N)CCCC1. The van der Waals surface area contributed by atoms with Crippen molar-refractivity contribution in [3.63, 3.8) is 0 Å². The van der Waals surface area contributed by atoms with Gasteiger partial charge in [-0.25, -0.2) is 0 Å². The van der Waals surface area contributed by atoms with Crippen LogP contribution in [-0.4, -0.2) is 43.3 Å². The lowest BCUT2D eigenvalue weighted by molar-refractivity contribution is 0.105. The summed E-state index contributed by atoms with van der Waals surface area (Å²) in [5, 5.41) is 0. The second kappa shape index (κ2) is 6.46. The van der Waals surface area contributed by atoms with E-state index in [-0.39, 0.29) is 5.54 Å². The maximum absolute atomic E-state index is 6.36. The van der Waals surface area contributed by atoms with Crippen molar-refractivity contribution in [1.29, 1.82) is 0 Å². The minimum atomic E-state index is 0.0855. The number of hydrogen-bond acceptors (Lipinski definition) is 3. The van der Waals surface area contributed by atoms with Crippen molar-refractivity contribution in [2.45, 2.75) is 45.1 Å². The average molecular weight is 214 g/mol. The molecule has 0 atom stereocenters. The maximum atomic E-state index is 6.36. The minimum Gasteiger partial charge on any atom is -0.380 e. The third-order valence-corrected chi connectivity index (χ3v) is 3.34. The number of likely N-dealkylation sites (N-methyl/N-ethyl adjacent to an activating group) is 1. The second-order valence-electron chi connectivity index (χ2n) is 4.64. The number of ether oxygens (including phenoxy) is 1. The van der Waals surface area contributed by atoms with Gasteiger partial charge in [-0.3, -0.25) is 4.90 Å². The Labute approximate surface area is 94.0 Å². The van der Waals surface area contributed by atoms with E-state index < -0.39 is 0 Å². The Balaban J connectivity index is 2.25. The molecule has 0 spiro atoms. The standard InChI is InChI=1S/C12H26N2O/c1-3-14(9-10-15-4-2)11-12(13)7-5-6-8-12/h3-11,13H2,1-2H3. The Morgan fingerprint density at radius 2 is 1.93 bits per heavy atom. The molecule has 0 radical (unpaired) electrons. The molecular weight excluding hydrogens is 188 g/mol. The molecule has 0 unspecified atom stereocenters. The quantitative estimate of drug-likeness (QED) is 0.654. The van der Waals surface area contributed by atoms with Crippen molar-refractivity contribution in [3.05, 3.63) is 0 Å². The normalized spacial score (nSPS) is 20.0.